The highest BCUT2D eigenvalue weighted by Crippen LogP contribution is 2.23. The molecule has 0 aliphatic carbocycles. The molecule has 4 nitrogen and oxygen atoms in total. The van der Waals surface area contributed by atoms with Crippen molar-refractivity contribution in [3.63, 3.8) is 0 Å². The van der Waals surface area contributed by atoms with Crippen molar-refractivity contribution >= 4 is 27.5 Å². The fourth-order valence-electron chi connectivity index (χ4n) is 1.94. The number of anilines is 1. The molecule has 0 aliphatic rings. The van der Waals surface area contributed by atoms with Gasteiger partial charge >= 0.3 is 0 Å². The van der Waals surface area contributed by atoms with Crippen LogP contribution in [0.5, 0.6) is 0 Å². The third-order valence-corrected chi connectivity index (χ3v) is 3.47. The first-order valence-corrected chi connectivity index (χ1v) is 7.64. The van der Waals surface area contributed by atoms with Crippen LogP contribution in [-0.2, 0) is 11.3 Å². The van der Waals surface area contributed by atoms with Crippen molar-refractivity contribution in [1.29, 1.82) is 0 Å². The maximum absolute atomic E-state index is 11.5. The van der Waals surface area contributed by atoms with Crippen LogP contribution in [0.1, 0.15) is 19.4 Å². The smallest absolute Gasteiger partial charge is 0.239 e. The number of nitrogens with zero attached hydrogens (tertiary/aromatic N) is 1. The van der Waals surface area contributed by atoms with Crippen LogP contribution in [0.15, 0.2) is 22.7 Å². The van der Waals surface area contributed by atoms with E-state index in [9.17, 15) is 4.79 Å². The highest BCUT2D eigenvalue weighted by atomic mass is 79.9. The minimum absolute atomic E-state index is 0.0107. The number of rotatable bonds is 7. The normalized spacial score (nSPS) is 10.7. The molecule has 0 radical (unpaired) electrons. The lowest BCUT2D eigenvalue weighted by atomic mass is 10.1. The lowest BCUT2D eigenvalue weighted by Crippen LogP contribution is -2.33. The summed E-state index contributed by atoms with van der Waals surface area (Å²) in [4.78, 5) is 13.5. The molecular formula is C15H24BrN3O. The number of likely N-dealkylation sites (N-methyl/N-ethyl adjacent to an activating group) is 2. The highest BCUT2D eigenvalue weighted by Gasteiger charge is 2.11. The van der Waals surface area contributed by atoms with E-state index >= 15 is 0 Å². The van der Waals surface area contributed by atoms with Crippen molar-refractivity contribution in [3.8, 4) is 0 Å². The van der Waals surface area contributed by atoms with Gasteiger partial charge in [0.1, 0.15) is 0 Å². The van der Waals surface area contributed by atoms with E-state index in [1.54, 1.807) is 7.05 Å². The summed E-state index contributed by atoms with van der Waals surface area (Å²) in [6, 6.07) is 6.14. The molecular weight excluding hydrogens is 318 g/mol. The molecule has 0 fully saturated rings. The number of carbonyl (C=O) groups is 1. The largest absolute Gasteiger partial charge is 0.365 e. The number of hydrogen-bond donors (Lipinski definition) is 2. The quantitative estimate of drug-likeness (QED) is 0.800. The number of carbonyl (C=O) groups excluding carboxylic acids is 1. The average Bonchev–Trinajstić information content (AvgIpc) is 2.38. The Bertz CT molecular complexity index is 449. The van der Waals surface area contributed by atoms with Gasteiger partial charge in [-0.3, -0.25) is 4.79 Å². The lowest BCUT2D eigenvalue weighted by Gasteiger charge is -2.22. The summed E-state index contributed by atoms with van der Waals surface area (Å²) in [6.45, 7) is 6.50. The van der Waals surface area contributed by atoms with Crippen molar-refractivity contribution in [1.82, 2.24) is 10.6 Å². The summed E-state index contributed by atoms with van der Waals surface area (Å²) in [6.07, 6.45) is 0. The minimum Gasteiger partial charge on any atom is -0.365 e. The molecule has 1 rings (SSSR count). The van der Waals surface area contributed by atoms with Gasteiger partial charge in [-0.05, 0) is 36.2 Å². The van der Waals surface area contributed by atoms with Crippen molar-refractivity contribution < 1.29 is 4.79 Å². The van der Waals surface area contributed by atoms with Gasteiger partial charge in [0, 0.05) is 30.8 Å². The summed E-state index contributed by atoms with van der Waals surface area (Å²) in [5.74, 6) is 0.630. The van der Waals surface area contributed by atoms with Crippen LogP contribution in [0.4, 0.5) is 5.69 Å². The zero-order chi connectivity index (χ0) is 15.1. The first-order valence-electron chi connectivity index (χ1n) is 6.85. The lowest BCUT2D eigenvalue weighted by molar-refractivity contribution is -0.119. The second kappa shape index (κ2) is 8.27. The van der Waals surface area contributed by atoms with Gasteiger partial charge in [-0.15, -0.1) is 0 Å². The number of benzene rings is 1. The summed E-state index contributed by atoms with van der Waals surface area (Å²) >= 11 is 3.51. The van der Waals surface area contributed by atoms with Crippen LogP contribution >= 0.6 is 15.9 Å². The van der Waals surface area contributed by atoms with Crippen LogP contribution in [0.3, 0.4) is 0 Å². The van der Waals surface area contributed by atoms with E-state index in [0.29, 0.717) is 12.5 Å². The Kier molecular flexibility index (Phi) is 7.02. The standard InChI is InChI=1S/C15H24BrN3O/c1-11(2)8-18-9-12-7-13(16)5-6-14(12)19(4)10-15(20)17-3/h5-7,11,18H,8-10H2,1-4H3,(H,17,20). The molecule has 20 heavy (non-hydrogen) atoms. The number of hydrogen-bond acceptors (Lipinski definition) is 3. The predicted molar refractivity (Wildman–Crippen MR) is 88.0 cm³/mol. The van der Waals surface area contributed by atoms with Crippen LogP contribution in [-0.4, -0.2) is 33.1 Å². The van der Waals surface area contributed by atoms with Gasteiger partial charge in [-0.2, -0.15) is 0 Å². The average molecular weight is 342 g/mol. The van der Waals surface area contributed by atoms with Gasteiger partial charge in [0.2, 0.25) is 5.91 Å². The first-order chi connectivity index (χ1) is 9.43. The zero-order valence-corrected chi connectivity index (χ0v) is 14.3. The molecule has 1 aromatic rings. The molecule has 0 saturated heterocycles. The molecule has 0 spiro atoms. The van der Waals surface area contributed by atoms with Gasteiger partial charge in [0.15, 0.2) is 0 Å². The topological polar surface area (TPSA) is 44.4 Å². The second-order valence-electron chi connectivity index (χ2n) is 5.33. The van der Waals surface area contributed by atoms with Crippen LogP contribution < -0.4 is 15.5 Å². The molecule has 0 atom stereocenters. The van der Waals surface area contributed by atoms with E-state index in [1.165, 1.54) is 5.56 Å². The Hall–Kier alpha value is -1.07. The van der Waals surface area contributed by atoms with E-state index < -0.39 is 0 Å². The molecule has 1 amide bonds. The predicted octanol–water partition coefficient (Wildman–Crippen LogP) is 2.38. The minimum atomic E-state index is 0.0107. The monoisotopic (exact) mass is 341 g/mol. The molecule has 1 aromatic carbocycles. The molecule has 2 N–H and O–H groups in total. The van der Waals surface area contributed by atoms with Gasteiger partial charge in [0.25, 0.3) is 0 Å². The van der Waals surface area contributed by atoms with Gasteiger partial charge in [0.05, 0.1) is 6.54 Å². The van der Waals surface area contributed by atoms with E-state index in [4.69, 9.17) is 0 Å². The Labute approximate surface area is 130 Å². The summed E-state index contributed by atoms with van der Waals surface area (Å²) in [5, 5.41) is 6.09. The molecule has 0 bridgehead atoms. The maximum Gasteiger partial charge on any atom is 0.239 e. The summed E-state index contributed by atoms with van der Waals surface area (Å²) in [5.41, 5.74) is 2.26. The van der Waals surface area contributed by atoms with Crippen LogP contribution in [0, 0.1) is 5.92 Å². The second-order valence-corrected chi connectivity index (χ2v) is 6.24. The summed E-state index contributed by atoms with van der Waals surface area (Å²) < 4.78 is 1.05. The van der Waals surface area contributed by atoms with E-state index in [-0.39, 0.29) is 5.91 Å². The zero-order valence-electron chi connectivity index (χ0n) is 12.7. The van der Waals surface area contributed by atoms with Crippen molar-refractivity contribution in [2.45, 2.75) is 20.4 Å². The van der Waals surface area contributed by atoms with Crippen LogP contribution in [0.2, 0.25) is 0 Å². The van der Waals surface area contributed by atoms with Gasteiger partial charge in [-0.25, -0.2) is 0 Å². The van der Waals surface area contributed by atoms with E-state index in [1.807, 2.05) is 24.1 Å². The fourth-order valence-corrected chi connectivity index (χ4v) is 2.35. The van der Waals surface area contributed by atoms with Gasteiger partial charge in [-0.1, -0.05) is 29.8 Å². The Balaban J connectivity index is 2.80. The molecule has 0 unspecified atom stereocenters. The SMILES string of the molecule is CNC(=O)CN(C)c1ccc(Br)cc1CNCC(C)C. The maximum atomic E-state index is 11.5. The molecule has 0 saturated carbocycles. The van der Waals surface area contributed by atoms with Crippen molar-refractivity contribution in [3.05, 3.63) is 28.2 Å². The number of nitrogens with one attached hydrogen (secondary N) is 2. The third-order valence-electron chi connectivity index (χ3n) is 2.98. The number of halogens is 1. The molecule has 112 valence electrons. The van der Waals surface area contributed by atoms with Gasteiger partial charge < -0.3 is 15.5 Å². The molecule has 0 aromatic heterocycles. The molecule has 0 heterocycles. The molecule has 0 aliphatic heterocycles. The first kappa shape index (κ1) is 17.0. The van der Waals surface area contributed by atoms with E-state index in [0.717, 1.165) is 23.2 Å². The summed E-state index contributed by atoms with van der Waals surface area (Å²) in [7, 11) is 3.59. The molecule has 5 heteroatoms. The van der Waals surface area contributed by atoms with Crippen LogP contribution in [0.25, 0.3) is 0 Å². The third kappa shape index (κ3) is 5.51. The Morgan fingerprint density at radius 3 is 2.70 bits per heavy atom. The highest BCUT2D eigenvalue weighted by molar-refractivity contribution is 9.10. The Morgan fingerprint density at radius 1 is 1.40 bits per heavy atom. The van der Waals surface area contributed by atoms with Crippen molar-refractivity contribution in [2.75, 3.05) is 32.1 Å². The van der Waals surface area contributed by atoms with E-state index in [2.05, 4.69) is 46.5 Å². The van der Waals surface area contributed by atoms with Crippen molar-refractivity contribution in [2.24, 2.45) is 5.92 Å². The fraction of sp³-hybridized carbons (Fsp3) is 0.533. The Morgan fingerprint density at radius 2 is 2.10 bits per heavy atom. The number of amides is 1.